The first kappa shape index (κ1) is 26.4. The topological polar surface area (TPSA) is 102 Å². The molecular weight excluding hydrogens is 485 g/mol. The molecule has 35 heavy (non-hydrogen) atoms. The molecule has 1 saturated heterocycles. The highest BCUT2D eigenvalue weighted by Gasteiger charge is 2.18. The lowest BCUT2D eigenvalue weighted by atomic mass is 10.1. The Morgan fingerprint density at radius 3 is 2.60 bits per heavy atom. The van der Waals surface area contributed by atoms with Crippen LogP contribution in [-0.2, 0) is 6.42 Å². The first-order valence-electron chi connectivity index (χ1n) is 11.4. The summed E-state index contributed by atoms with van der Waals surface area (Å²) < 4.78 is 5.59. The molecule has 4 aromatic rings. The van der Waals surface area contributed by atoms with Gasteiger partial charge in [-0.05, 0) is 67.8 Å². The number of aromatic nitrogens is 1. The fraction of sp³-hybridized carbons (Fsp3) is 0.308. The van der Waals surface area contributed by atoms with Gasteiger partial charge in [0.05, 0.1) is 11.6 Å². The number of carbonyl (C=O) groups is 1. The highest BCUT2D eigenvalue weighted by Crippen LogP contribution is 2.26. The molecule has 184 valence electrons. The van der Waals surface area contributed by atoms with Crippen molar-refractivity contribution < 1.29 is 9.21 Å². The Hall–Kier alpha value is -3.18. The number of nitrogens with two attached hydrogens (primary N) is 1. The number of furan rings is 1. The van der Waals surface area contributed by atoms with E-state index in [4.69, 9.17) is 15.4 Å². The van der Waals surface area contributed by atoms with Crippen LogP contribution in [0.5, 0.6) is 0 Å². The van der Waals surface area contributed by atoms with E-state index in [0.29, 0.717) is 11.1 Å². The molecule has 1 aliphatic rings. The molecule has 5 rings (SSSR count). The van der Waals surface area contributed by atoms with Crippen molar-refractivity contribution in [2.45, 2.75) is 19.3 Å². The molecule has 0 aliphatic carbocycles. The summed E-state index contributed by atoms with van der Waals surface area (Å²) >= 11 is 0. The van der Waals surface area contributed by atoms with E-state index < -0.39 is 5.91 Å². The number of nitrogens with one attached hydrogen (secondary N) is 1. The number of aromatic amines is 1. The molecular formula is C26H29Cl2N5O2. The van der Waals surface area contributed by atoms with E-state index >= 15 is 0 Å². The van der Waals surface area contributed by atoms with Crippen LogP contribution in [0.3, 0.4) is 0 Å². The number of aryl methyl sites for hydroxylation is 1. The normalized spacial score (nSPS) is 13.9. The van der Waals surface area contributed by atoms with Crippen LogP contribution >= 0.6 is 24.8 Å². The molecule has 1 aliphatic heterocycles. The summed E-state index contributed by atoms with van der Waals surface area (Å²) in [6, 6.07) is 15.8. The van der Waals surface area contributed by atoms with E-state index in [1.165, 1.54) is 10.9 Å². The minimum Gasteiger partial charge on any atom is -0.451 e. The number of primary amides is 1. The lowest BCUT2D eigenvalue weighted by Crippen LogP contribution is -2.46. The van der Waals surface area contributed by atoms with Crippen molar-refractivity contribution in [3.05, 3.63) is 65.5 Å². The molecule has 9 heteroatoms. The molecule has 7 nitrogen and oxygen atoms in total. The van der Waals surface area contributed by atoms with Gasteiger partial charge in [0.15, 0.2) is 5.76 Å². The highest BCUT2D eigenvalue weighted by atomic mass is 35.5. The average Bonchev–Trinajstić information content (AvgIpc) is 3.45. The molecule has 3 heterocycles. The van der Waals surface area contributed by atoms with E-state index in [0.717, 1.165) is 68.6 Å². The van der Waals surface area contributed by atoms with Crippen LogP contribution in [0.15, 0.2) is 53.1 Å². The second-order valence-electron chi connectivity index (χ2n) is 8.67. The lowest BCUT2D eigenvalue weighted by Gasteiger charge is -2.36. The van der Waals surface area contributed by atoms with Crippen LogP contribution in [0.1, 0.15) is 34.5 Å². The molecule has 0 saturated carbocycles. The summed E-state index contributed by atoms with van der Waals surface area (Å²) in [6.07, 6.45) is 5.37. The number of nitrogens with zero attached hydrogens (tertiary/aromatic N) is 3. The molecule has 0 unspecified atom stereocenters. The summed E-state index contributed by atoms with van der Waals surface area (Å²) in [5.74, 6) is -0.344. The Morgan fingerprint density at radius 1 is 1.06 bits per heavy atom. The van der Waals surface area contributed by atoms with Crippen molar-refractivity contribution >= 4 is 58.3 Å². The summed E-state index contributed by atoms with van der Waals surface area (Å²) in [6.45, 7) is 5.09. The van der Waals surface area contributed by atoms with Gasteiger partial charge in [-0.15, -0.1) is 24.8 Å². The summed E-state index contributed by atoms with van der Waals surface area (Å²) in [5.41, 5.74) is 10.2. The number of amides is 1. The second-order valence-corrected chi connectivity index (χ2v) is 8.67. The number of H-pyrrole nitrogens is 1. The first-order chi connectivity index (χ1) is 16.1. The van der Waals surface area contributed by atoms with Crippen molar-refractivity contribution in [1.29, 1.82) is 5.26 Å². The van der Waals surface area contributed by atoms with Crippen LogP contribution in [0, 0.1) is 11.3 Å². The van der Waals surface area contributed by atoms with Gasteiger partial charge in [0.2, 0.25) is 0 Å². The van der Waals surface area contributed by atoms with Gasteiger partial charge in [0, 0.05) is 60.4 Å². The molecule has 0 atom stereocenters. The van der Waals surface area contributed by atoms with Crippen molar-refractivity contribution in [2.75, 3.05) is 37.6 Å². The number of unbranched alkanes of at least 4 members (excludes halogenated alkanes) is 1. The van der Waals surface area contributed by atoms with Crippen LogP contribution in [-0.4, -0.2) is 48.5 Å². The van der Waals surface area contributed by atoms with Crippen LogP contribution in [0.2, 0.25) is 0 Å². The zero-order valence-electron chi connectivity index (χ0n) is 19.3. The third kappa shape index (κ3) is 5.73. The predicted molar refractivity (Wildman–Crippen MR) is 144 cm³/mol. The summed E-state index contributed by atoms with van der Waals surface area (Å²) in [4.78, 5) is 19.6. The van der Waals surface area contributed by atoms with E-state index in [2.05, 4.69) is 33.1 Å². The molecule has 2 aromatic carbocycles. The average molecular weight is 514 g/mol. The number of anilines is 1. The fourth-order valence-electron chi connectivity index (χ4n) is 4.67. The maximum Gasteiger partial charge on any atom is 0.284 e. The summed E-state index contributed by atoms with van der Waals surface area (Å²) in [5, 5.41) is 11.2. The standard InChI is InChI=1S/C26H27N5O2.2ClH/c27-16-18-4-7-23-22(13-18)20(17-29-23)3-1-2-8-30-9-11-31(12-10-30)21-6-5-19-14-25(26(28)32)33-24(19)15-21;;/h4-7,13-15,17,29H,1-3,8-12H2,(H2,28,32);2*1H. The van der Waals surface area contributed by atoms with Gasteiger partial charge < -0.3 is 20.0 Å². The lowest BCUT2D eigenvalue weighted by molar-refractivity contribution is 0.0976. The van der Waals surface area contributed by atoms with E-state index in [1.807, 2.05) is 30.3 Å². The predicted octanol–water partition coefficient (Wildman–Crippen LogP) is 4.87. The molecule has 0 bridgehead atoms. The van der Waals surface area contributed by atoms with Gasteiger partial charge in [0.1, 0.15) is 5.58 Å². The Labute approximate surface area is 216 Å². The van der Waals surface area contributed by atoms with Gasteiger partial charge in [0.25, 0.3) is 5.91 Å². The third-order valence-corrected chi connectivity index (χ3v) is 6.55. The Morgan fingerprint density at radius 2 is 1.86 bits per heavy atom. The van der Waals surface area contributed by atoms with Gasteiger partial charge >= 0.3 is 0 Å². The van der Waals surface area contributed by atoms with Crippen LogP contribution in [0.4, 0.5) is 5.69 Å². The zero-order chi connectivity index (χ0) is 22.8. The fourth-order valence-corrected chi connectivity index (χ4v) is 4.67. The maximum atomic E-state index is 11.4. The third-order valence-electron chi connectivity index (χ3n) is 6.55. The van der Waals surface area contributed by atoms with E-state index in [-0.39, 0.29) is 30.6 Å². The molecule has 1 amide bonds. The number of benzene rings is 2. The van der Waals surface area contributed by atoms with Gasteiger partial charge in [-0.2, -0.15) is 5.26 Å². The molecule has 1 fully saturated rings. The van der Waals surface area contributed by atoms with Crippen molar-refractivity contribution in [2.24, 2.45) is 5.73 Å². The van der Waals surface area contributed by atoms with Crippen LogP contribution in [0.25, 0.3) is 21.9 Å². The van der Waals surface area contributed by atoms with E-state index in [1.54, 1.807) is 6.07 Å². The zero-order valence-corrected chi connectivity index (χ0v) is 21.0. The Bertz CT molecular complexity index is 1350. The molecule has 0 radical (unpaired) electrons. The van der Waals surface area contributed by atoms with Gasteiger partial charge in [-0.25, -0.2) is 0 Å². The molecule has 0 spiro atoms. The molecule has 2 aromatic heterocycles. The number of hydrogen-bond acceptors (Lipinski definition) is 5. The largest absolute Gasteiger partial charge is 0.451 e. The smallest absolute Gasteiger partial charge is 0.284 e. The molecule has 3 N–H and O–H groups in total. The Balaban J connectivity index is 0.00000171. The second kappa shape index (κ2) is 11.5. The number of rotatable bonds is 7. The van der Waals surface area contributed by atoms with Gasteiger partial charge in [-0.1, -0.05) is 0 Å². The quantitative estimate of drug-likeness (QED) is 0.343. The van der Waals surface area contributed by atoms with E-state index in [9.17, 15) is 4.79 Å². The maximum absolute atomic E-state index is 11.4. The number of halogens is 2. The number of carbonyl (C=O) groups excluding carboxylic acids is 1. The minimum absolute atomic E-state index is 0. The van der Waals surface area contributed by atoms with Gasteiger partial charge in [-0.3, -0.25) is 9.69 Å². The van der Waals surface area contributed by atoms with Crippen molar-refractivity contribution in [3.8, 4) is 6.07 Å². The number of fused-ring (bicyclic) bond motifs is 2. The number of nitriles is 1. The monoisotopic (exact) mass is 513 g/mol. The minimum atomic E-state index is -0.544. The van der Waals surface area contributed by atoms with Crippen LogP contribution < -0.4 is 10.6 Å². The number of hydrogen-bond donors (Lipinski definition) is 2. The number of piperazine rings is 1. The first-order valence-corrected chi connectivity index (χ1v) is 11.4. The van der Waals surface area contributed by atoms with Crippen molar-refractivity contribution in [1.82, 2.24) is 9.88 Å². The summed E-state index contributed by atoms with van der Waals surface area (Å²) in [7, 11) is 0. The van der Waals surface area contributed by atoms with Crippen molar-refractivity contribution in [3.63, 3.8) is 0 Å². The SMILES string of the molecule is Cl.Cl.N#Cc1ccc2[nH]cc(CCCCN3CCN(c4ccc5cc(C(N)=O)oc5c4)CC3)c2c1. The highest BCUT2D eigenvalue weighted by molar-refractivity contribution is 5.95. The Kier molecular flexibility index (Phi) is 8.68.